The van der Waals surface area contributed by atoms with Crippen molar-refractivity contribution in [1.29, 1.82) is 0 Å². The lowest BCUT2D eigenvalue weighted by Crippen LogP contribution is -2.49. The van der Waals surface area contributed by atoms with Crippen LogP contribution < -0.4 is 0 Å². The summed E-state index contributed by atoms with van der Waals surface area (Å²) in [6.07, 6.45) is 3.15. The van der Waals surface area contributed by atoms with Crippen molar-refractivity contribution in [2.45, 2.75) is 57.7 Å². The molecule has 3 rings (SSSR count). The molecule has 0 unspecified atom stereocenters. The second-order valence-corrected chi connectivity index (χ2v) is 8.11. The monoisotopic (exact) mass is 377 g/mol. The Hall–Kier alpha value is -2.02. The van der Waals surface area contributed by atoms with Gasteiger partial charge < -0.3 is 23.9 Å². The standard InChI is InChI=1S/C20H31N3O4/c1-5-6-15(2)23-14-20(27-19(23)25)9-11-22(12-10-20)18(24)17-8-7-16(26-17)13-21(3)4/h7-8,15H,5-6,9-14H2,1-4H3/t15-/m0/s1. The lowest BCUT2D eigenvalue weighted by Gasteiger charge is -2.37. The van der Waals surface area contributed by atoms with Crippen LogP contribution in [0.4, 0.5) is 4.79 Å². The van der Waals surface area contributed by atoms with Crippen LogP contribution in [0.1, 0.15) is 55.8 Å². The minimum Gasteiger partial charge on any atom is -0.455 e. The molecule has 1 aromatic heterocycles. The molecule has 1 aromatic rings. The van der Waals surface area contributed by atoms with Crippen LogP contribution in [0.15, 0.2) is 16.5 Å². The average Bonchev–Trinajstić information content (AvgIpc) is 3.19. The molecule has 7 nitrogen and oxygen atoms in total. The fraction of sp³-hybridized carbons (Fsp3) is 0.700. The molecule has 2 fully saturated rings. The zero-order valence-corrected chi connectivity index (χ0v) is 16.9. The maximum absolute atomic E-state index is 12.7. The molecular formula is C20H31N3O4. The van der Waals surface area contributed by atoms with Crippen molar-refractivity contribution in [3.8, 4) is 0 Å². The van der Waals surface area contributed by atoms with Crippen molar-refractivity contribution >= 4 is 12.0 Å². The molecule has 2 amide bonds. The highest BCUT2D eigenvalue weighted by molar-refractivity contribution is 5.91. The first-order chi connectivity index (χ1) is 12.8. The first-order valence-electron chi connectivity index (χ1n) is 9.86. The molecule has 7 heteroatoms. The molecule has 150 valence electrons. The Labute approximate surface area is 161 Å². The van der Waals surface area contributed by atoms with Gasteiger partial charge in [0.15, 0.2) is 5.76 Å². The van der Waals surface area contributed by atoms with Gasteiger partial charge in [0, 0.05) is 32.0 Å². The quantitative estimate of drug-likeness (QED) is 0.763. The summed E-state index contributed by atoms with van der Waals surface area (Å²) in [4.78, 5) is 30.7. The van der Waals surface area contributed by atoms with E-state index in [0.29, 0.717) is 44.8 Å². The molecule has 1 atom stereocenters. The molecule has 0 aliphatic carbocycles. The summed E-state index contributed by atoms with van der Waals surface area (Å²) in [7, 11) is 3.92. The molecule has 27 heavy (non-hydrogen) atoms. The number of furan rings is 1. The van der Waals surface area contributed by atoms with Crippen molar-refractivity contribution in [3.63, 3.8) is 0 Å². The Balaban J connectivity index is 1.58. The summed E-state index contributed by atoms with van der Waals surface area (Å²) in [5, 5.41) is 0. The van der Waals surface area contributed by atoms with Crippen molar-refractivity contribution < 1.29 is 18.7 Å². The van der Waals surface area contributed by atoms with E-state index in [4.69, 9.17) is 9.15 Å². The molecule has 0 saturated carbocycles. The molecule has 0 N–H and O–H groups in total. The number of amides is 2. The third kappa shape index (κ3) is 4.29. The predicted octanol–water partition coefficient (Wildman–Crippen LogP) is 2.96. The number of likely N-dealkylation sites (tertiary alicyclic amines) is 1. The van der Waals surface area contributed by atoms with Gasteiger partial charge in [-0.1, -0.05) is 13.3 Å². The highest BCUT2D eigenvalue weighted by Crippen LogP contribution is 2.35. The van der Waals surface area contributed by atoms with Crippen molar-refractivity contribution in [2.24, 2.45) is 0 Å². The van der Waals surface area contributed by atoms with Crippen LogP contribution in [0, 0.1) is 0 Å². The zero-order chi connectivity index (χ0) is 19.6. The summed E-state index contributed by atoms with van der Waals surface area (Å²) in [5.41, 5.74) is -0.449. The van der Waals surface area contributed by atoms with Crippen LogP contribution in [0.3, 0.4) is 0 Å². The molecule has 3 heterocycles. The average molecular weight is 377 g/mol. The lowest BCUT2D eigenvalue weighted by molar-refractivity contribution is 0.00213. The first kappa shape index (κ1) is 19.7. The number of hydrogen-bond acceptors (Lipinski definition) is 5. The second-order valence-electron chi connectivity index (χ2n) is 8.11. The predicted molar refractivity (Wildman–Crippen MR) is 102 cm³/mol. The van der Waals surface area contributed by atoms with Gasteiger partial charge in [-0.3, -0.25) is 4.79 Å². The van der Waals surface area contributed by atoms with Crippen LogP contribution in [-0.2, 0) is 11.3 Å². The number of hydrogen-bond donors (Lipinski definition) is 0. The minimum atomic E-state index is -0.449. The van der Waals surface area contributed by atoms with Crippen molar-refractivity contribution in [1.82, 2.24) is 14.7 Å². The fourth-order valence-corrected chi connectivity index (χ4v) is 3.98. The van der Waals surface area contributed by atoms with E-state index in [1.807, 2.05) is 30.0 Å². The van der Waals surface area contributed by atoms with E-state index in [0.717, 1.165) is 18.6 Å². The van der Waals surface area contributed by atoms with Crippen molar-refractivity contribution in [3.05, 3.63) is 23.7 Å². The van der Waals surface area contributed by atoms with E-state index >= 15 is 0 Å². The van der Waals surface area contributed by atoms with Crippen molar-refractivity contribution in [2.75, 3.05) is 33.7 Å². The van der Waals surface area contributed by atoms with Crippen LogP contribution >= 0.6 is 0 Å². The van der Waals surface area contributed by atoms with E-state index < -0.39 is 5.60 Å². The molecular weight excluding hydrogens is 346 g/mol. The van der Waals surface area contributed by atoms with Gasteiger partial charge in [0.25, 0.3) is 5.91 Å². The fourth-order valence-electron chi connectivity index (χ4n) is 3.98. The maximum Gasteiger partial charge on any atom is 0.410 e. The van der Waals surface area contributed by atoms with Crippen LogP contribution in [0.2, 0.25) is 0 Å². The maximum atomic E-state index is 12.7. The highest BCUT2D eigenvalue weighted by atomic mass is 16.6. The minimum absolute atomic E-state index is 0.0876. The Kier molecular flexibility index (Phi) is 5.79. The molecule has 0 aromatic carbocycles. The Morgan fingerprint density at radius 1 is 1.30 bits per heavy atom. The van der Waals surface area contributed by atoms with Crippen LogP contribution in [-0.4, -0.2) is 72.1 Å². The second kappa shape index (κ2) is 7.92. The summed E-state index contributed by atoms with van der Waals surface area (Å²) in [5.74, 6) is 1.07. The number of carbonyl (C=O) groups excluding carboxylic acids is 2. The van der Waals surface area contributed by atoms with Gasteiger partial charge in [0.2, 0.25) is 0 Å². The van der Waals surface area contributed by atoms with Gasteiger partial charge in [0.05, 0.1) is 13.1 Å². The van der Waals surface area contributed by atoms with E-state index in [1.54, 1.807) is 11.0 Å². The van der Waals surface area contributed by atoms with Gasteiger partial charge in [-0.25, -0.2) is 4.79 Å². The number of piperidine rings is 1. The molecule has 2 saturated heterocycles. The number of carbonyl (C=O) groups is 2. The summed E-state index contributed by atoms with van der Waals surface area (Å²) in [6, 6.07) is 3.79. The first-order valence-corrected chi connectivity index (χ1v) is 9.86. The number of nitrogens with zero attached hydrogens (tertiary/aromatic N) is 3. The summed E-state index contributed by atoms with van der Waals surface area (Å²) >= 11 is 0. The topological polar surface area (TPSA) is 66.2 Å². The third-order valence-electron chi connectivity index (χ3n) is 5.54. The van der Waals surface area contributed by atoms with Gasteiger partial charge in [-0.05, 0) is 39.6 Å². The Morgan fingerprint density at radius 2 is 2.00 bits per heavy atom. The number of rotatable bonds is 6. The van der Waals surface area contributed by atoms with Gasteiger partial charge in [0.1, 0.15) is 11.4 Å². The highest BCUT2D eigenvalue weighted by Gasteiger charge is 2.48. The Bertz CT molecular complexity index is 677. The normalized spacial score (nSPS) is 20.4. The molecule has 2 aliphatic rings. The lowest BCUT2D eigenvalue weighted by atomic mass is 9.91. The zero-order valence-electron chi connectivity index (χ0n) is 16.9. The summed E-state index contributed by atoms with van der Waals surface area (Å²) in [6.45, 7) is 6.64. The van der Waals surface area contributed by atoms with Gasteiger partial charge >= 0.3 is 6.09 Å². The van der Waals surface area contributed by atoms with E-state index in [9.17, 15) is 9.59 Å². The smallest absolute Gasteiger partial charge is 0.410 e. The number of ether oxygens (including phenoxy) is 1. The van der Waals surface area contributed by atoms with E-state index in [-0.39, 0.29) is 18.0 Å². The van der Waals surface area contributed by atoms with Crippen LogP contribution in [0.25, 0.3) is 0 Å². The Morgan fingerprint density at radius 3 is 2.63 bits per heavy atom. The third-order valence-corrected chi connectivity index (χ3v) is 5.54. The van der Waals surface area contributed by atoms with Gasteiger partial charge in [-0.15, -0.1) is 0 Å². The van der Waals surface area contributed by atoms with Crippen LogP contribution in [0.5, 0.6) is 0 Å². The SMILES string of the molecule is CCC[C@H](C)N1CC2(CCN(C(=O)c3ccc(CN(C)C)o3)CC2)OC1=O. The largest absolute Gasteiger partial charge is 0.455 e. The summed E-state index contributed by atoms with van der Waals surface area (Å²) < 4.78 is 11.5. The van der Waals surface area contributed by atoms with Gasteiger partial charge in [-0.2, -0.15) is 0 Å². The van der Waals surface area contributed by atoms with E-state index in [2.05, 4.69) is 13.8 Å². The molecule has 0 bridgehead atoms. The molecule has 0 radical (unpaired) electrons. The van der Waals surface area contributed by atoms with E-state index in [1.165, 1.54) is 0 Å². The molecule has 2 aliphatic heterocycles. The molecule has 1 spiro atoms.